The van der Waals surface area contributed by atoms with Gasteiger partial charge >= 0.3 is 0 Å². The largest absolute Gasteiger partial charge is 0.329 e. The van der Waals surface area contributed by atoms with Gasteiger partial charge in [0.15, 0.2) is 0 Å². The van der Waals surface area contributed by atoms with Gasteiger partial charge in [-0.2, -0.15) is 0 Å². The number of halogens is 1. The molecule has 1 saturated heterocycles. The third kappa shape index (κ3) is 2.67. The topological polar surface area (TPSA) is 29.3 Å². The van der Waals surface area contributed by atoms with Crippen LogP contribution in [0, 0.1) is 6.92 Å². The number of likely N-dealkylation sites (tertiary alicyclic amines) is 1. The number of hydrogen-bond donors (Lipinski definition) is 1. The van der Waals surface area contributed by atoms with Crippen LogP contribution in [0.3, 0.4) is 0 Å². The molecular formula is C12H19BrN2S. The van der Waals surface area contributed by atoms with Crippen LogP contribution in [0.15, 0.2) is 10.5 Å². The van der Waals surface area contributed by atoms with Crippen molar-refractivity contribution in [2.75, 3.05) is 19.6 Å². The highest BCUT2D eigenvalue weighted by atomic mass is 79.9. The zero-order valence-corrected chi connectivity index (χ0v) is 12.1. The molecule has 2 rings (SSSR count). The summed E-state index contributed by atoms with van der Waals surface area (Å²) in [5, 5.41) is 0. The van der Waals surface area contributed by atoms with Crippen molar-refractivity contribution in [3.63, 3.8) is 0 Å². The minimum atomic E-state index is 0.426. The van der Waals surface area contributed by atoms with Crippen LogP contribution >= 0.6 is 27.3 Å². The first-order valence-corrected chi connectivity index (χ1v) is 7.53. The van der Waals surface area contributed by atoms with Crippen molar-refractivity contribution in [3.8, 4) is 0 Å². The summed E-state index contributed by atoms with van der Waals surface area (Å²) in [6.45, 7) is 5.29. The molecule has 0 radical (unpaired) electrons. The van der Waals surface area contributed by atoms with Gasteiger partial charge in [-0.15, -0.1) is 11.3 Å². The van der Waals surface area contributed by atoms with Gasteiger partial charge in [0.2, 0.25) is 0 Å². The predicted molar refractivity (Wildman–Crippen MR) is 74.0 cm³/mol. The smallest absolute Gasteiger partial charge is 0.0564 e. The summed E-state index contributed by atoms with van der Waals surface area (Å²) in [6, 6.07) is 2.67. The summed E-state index contributed by atoms with van der Waals surface area (Å²) in [7, 11) is 0. The van der Waals surface area contributed by atoms with Crippen LogP contribution in [0.5, 0.6) is 0 Å². The molecule has 0 aliphatic carbocycles. The number of nitrogens with zero attached hydrogens (tertiary/aromatic N) is 1. The standard InChI is InChI=1S/C12H19BrN2S/c1-9-10(13)7-12(16-9)11(8-14)15-5-3-2-4-6-15/h7,11H,2-6,8,14H2,1H3. The Labute approximate surface area is 110 Å². The maximum Gasteiger partial charge on any atom is 0.0564 e. The molecule has 1 unspecified atom stereocenters. The van der Waals surface area contributed by atoms with Gasteiger partial charge in [0.1, 0.15) is 0 Å². The number of nitrogens with two attached hydrogens (primary N) is 1. The minimum absolute atomic E-state index is 0.426. The van der Waals surface area contributed by atoms with Crippen molar-refractivity contribution < 1.29 is 0 Å². The molecule has 4 heteroatoms. The zero-order chi connectivity index (χ0) is 11.5. The quantitative estimate of drug-likeness (QED) is 0.928. The number of thiophene rings is 1. The molecule has 16 heavy (non-hydrogen) atoms. The van der Waals surface area contributed by atoms with Crippen molar-refractivity contribution in [3.05, 3.63) is 20.3 Å². The average molecular weight is 303 g/mol. The molecule has 1 aliphatic heterocycles. The molecular weight excluding hydrogens is 284 g/mol. The van der Waals surface area contributed by atoms with E-state index in [2.05, 4.69) is 33.8 Å². The van der Waals surface area contributed by atoms with Gasteiger partial charge in [0.05, 0.1) is 6.04 Å². The van der Waals surface area contributed by atoms with Crippen molar-refractivity contribution >= 4 is 27.3 Å². The van der Waals surface area contributed by atoms with E-state index in [4.69, 9.17) is 5.73 Å². The molecule has 0 bridgehead atoms. The molecule has 1 aromatic heterocycles. The fourth-order valence-electron chi connectivity index (χ4n) is 2.32. The molecule has 90 valence electrons. The monoisotopic (exact) mass is 302 g/mol. The number of hydrogen-bond acceptors (Lipinski definition) is 3. The Morgan fingerprint density at radius 2 is 2.12 bits per heavy atom. The average Bonchev–Trinajstić information content (AvgIpc) is 2.61. The van der Waals surface area contributed by atoms with Crippen LogP contribution < -0.4 is 5.73 Å². The van der Waals surface area contributed by atoms with Gasteiger partial charge in [0, 0.05) is 20.8 Å². The Morgan fingerprint density at radius 3 is 2.62 bits per heavy atom. The van der Waals surface area contributed by atoms with Gasteiger partial charge in [-0.05, 0) is 54.9 Å². The van der Waals surface area contributed by atoms with Crippen LogP contribution in [-0.2, 0) is 0 Å². The summed E-state index contributed by atoms with van der Waals surface area (Å²) in [4.78, 5) is 5.31. The molecule has 2 heterocycles. The van der Waals surface area contributed by atoms with Crippen LogP contribution in [0.25, 0.3) is 0 Å². The highest BCUT2D eigenvalue weighted by Crippen LogP contribution is 2.33. The van der Waals surface area contributed by atoms with Crippen molar-refractivity contribution in [1.82, 2.24) is 4.90 Å². The second kappa shape index (κ2) is 5.63. The van der Waals surface area contributed by atoms with Gasteiger partial charge in [-0.1, -0.05) is 6.42 Å². The predicted octanol–water partition coefficient (Wildman–Crippen LogP) is 3.30. The maximum absolute atomic E-state index is 5.94. The van der Waals surface area contributed by atoms with Crippen LogP contribution in [0.1, 0.15) is 35.1 Å². The van der Waals surface area contributed by atoms with E-state index in [-0.39, 0.29) is 0 Å². The first kappa shape index (κ1) is 12.6. The Bertz CT molecular complexity index is 325. The Hall–Kier alpha value is 0.100. The minimum Gasteiger partial charge on any atom is -0.329 e. The number of aryl methyl sites for hydroxylation is 1. The molecule has 1 fully saturated rings. The van der Waals surface area contributed by atoms with Crippen LogP contribution in [0.2, 0.25) is 0 Å². The highest BCUT2D eigenvalue weighted by Gasteiger charge is 2.22. The van der Waals surface area contributed by atoms with E-state index in [1.165, 1.54) is 46.6 Å². The molecule has 1 aliphatic rings. The lowest BCUT2D eigenvalue weighted by atomic mass is 10.1. The lowest BCUT2D eigenvalue weighted by Crippen LogP contribution is -2.37. The van der Waals surface area contributed by atoms with E-state index in [1.807, 2.05) is 11.3 Å². The first-order chi connectivity index (χ1) is 7.72. The number of piperidine rings is 1. The lowest BCUT2D eigenvalue weighted by Gasteiger charge is -2.33. The normalized spacial score (nSPS) is 19.9. The summed E-state index contributed by atoms with van der Waals surface area (Å²) >= 11 is 5.46. The van der Waals surface area contributed by atoms with Gasteiger partial charge in [-0.25, -0.2) is 0 Å². The summed E-state index contributed by atoms with van der Waals surface area (Å²) in [6.07, 6.45) is 4.02. The van der Waals surface area contributed by atoms with Crippen molar-refractivity contribution in [2.24, 2.45) is 5.73 Å². The van der Waals surface area contributed by atoms with Crippen molar-refractivity contribution in [1.29, 1.82) is 0 Å². The van der Waals surface area contributed by atoms with E-state index in [9.17, 15) is 0 Å². The Morgan fingerprint density at radius 1 is 1.44 bits per heavy atom. The van der Waals surface area contributed by atoms with Gasteiger partial charge in [-0.3, -0.25) is 4.90 Å². The highest BCUT2D eigenvalue weighted by molar-refractivity contribution is 9.10. The van der Waals surface area contributed by atoms with E-state index < -0.39 is 0 Å². The summed E-state index contributed by atoms with van der Waals surface area (Å²) in [5.41, 5.74) is 5.94. The van der Waals surface area contributed by atoms with Crippen LogP contribution in [0.4, 0.5) is 0 Å². The number of rotatable bonds is 3. The summed E-state index contributed by atoms with van der Waals surface area (Å²) < 4.78 is 1.22. The fraction of sp³-hybridized carbons (Fsp3) is 0.667. The van der Waals surface area contributed by atoms with E-state index in [0.717, 1.165) is 6.54 Å². The van der Waals surface area contributed by atoms with E-state index in [0.29, 0.717) is 6.04 Å². The Kier molecular flexibility index (Phi) is 4.41. The van der Waals surface area contributed by atoms with Crippen molar-refractivity contribution in [2.45, 2.75) is 32.2 Å². The SMILES string of the molecule is Cc1sc(C(CN)N2CCCCC2)cc1Br. The molecule has 0 aromatic carbocycles. The molecule has 2 nitrogen and oxygen atoms in total. The second-order valence-electron chi connectivity index (χ2n) is 4.40. The molecule has 2 N–H and O–H groups in total. The van der Waals surface area contributed by atoms with E-state index in [1.54, 1.807) is 0 Å². The van der Waals surface area contributed by atoms with Gasteiger partial charge in [0.25, 0.3) is 0 Å². The molecule has 0 amide bonds. The van der Waals surface area contributed by atoms with Gasteiger partial charge < -0.3 is 5.73 Å². The third-order valence-electron chi connectivity index (χ3n) is 3.26. The molecule has 1 aromatic rings. The fourth-order valence-corrected chi connectivity index (χ4v) is 4.03. The summed E-state index contributed by atoms with van der Waals surface area (Å²) in [5.74, 6) is 0. The second-order valence-corrected chi connectivity index (χ2v) is 6.54. The lowest BCUT2D eigenvalue weighted by molar-refractivity contribution is 0.170. The molecule has 1 atom stereocenters. The third-order valence-corrected chi connectivity index (χ3v) is 5.50. The maximum atomic E-state index is 5.94. The Balaban J connectivity index is 2.14. The molecule has 0 saturated carbocycles. The zero-order valence-electron chi connectivity index (χ0n) is 9.71. The van der Waals surface area contributed by atoms with Crippen LogP contribution in [-0.4, -0.2) is 24.5 Å². The first-order valence-electron chi connectivity index (χ1n) is 5.92. The molecule has 0 spiro atoms. The van der Waals surface area contributed by atoms with E-state index >= 15 is 0 Å².